The lowest BCUT2D eigenvalue weighted by molar-refractivity contribution is -0.115. The molecule has 2 aromatic rings. The minimum Gasteiger partial charge on any atom is -0.325 e. The van der Waals surface area contributed by atoms with Gasteiger partial charge in [-0.2, -0.15) is 0 Å². The molecule has 2 rings (SSSR count). The Morgan fingerprint density at radius 1 is 1.09 bits per heavy atom. The maximum absolute atomic E-state index is 13.5. The monoisotopic (exact) mass is 360 g/mol. The second-order valence-electron chi connectivity index (χ2n) is 4.43. The molecule has 0 heterocycles. The molecule has 2 aromatic carbocycles. The standard InChI is InChI=1S/C14H11ClF2N2O3S/c15-9-3-1-4-10(7-9)19-13(20)8-18-23(21,22)14-11(16)5-2-6-12(14)17/h1-7,18H,8H2,(H,19,20). The third-order valence-electron chi connectivity index (χ3n) is 2.72. The van der Waals surface area contributed by atoms with E-state index in [4.69, 9.17) is 11.6 Å². The lowest BCUT2D eigenvalue weighted by Crippen LogP contribution is -2.33. The van der Waals surface area contributed by atoms with Crippen molar-refractivity contribution >= 4 is 33.2 Å². The molecule has 122 valence electrons. The van der Waals surface area contributed by atoms with Crippen LogP contribution in [0.5, 0.6) is 0 Å². The van der Waals surface area contributed by atoms with E-state index in [1.165, 1.54) is 6.07 Å². The minimum atomic E-state index is -4.50. The van der Waals surface area contributed by atoms with Crippen molar-refractivity contribution in [2.24, 2.45) is 0 Å². The van der Waals surface area contributed by atoms with Gasteiger partial charge in [-0.05, 0) is 30.3 Å². The van der Waals surface area contributed by atoms with Crippen molar-refractivity contribution < 1.29 is 22.0 Å². The summed E-state index contributed by atoms with van der Waals surface area (Å²) in [6.45, 7) is -0.692. The van der Waals surface area contributed by atoms with E-state index in [0.717, 1.165) is 18.2 Å². The van der Waals surface area contributed by atoms with Gasteiger partial charge in [-0.1, -0.05) is 23.7 Å². The highest BCUT2D eigenvalue weighted by atomic mass is 35.5. The molecular weight excluding hydrogens is 350 g/mol. The second-order valence-corrected chi connectivity index (χ2v) is 6.57. The van der Waals surface area contributed by atoms with Crippen molar-refractivity contribution in [2.75, 3.05) is 11.9 Å². The second kappa shape index (κ2) is 7.03. The van der Waals surface area contributed by atoms with E-state index in [-0.39, 0.29) is 0 Å². The Morgan fingerprint density at radius 3 is 2.30 bits per heavy atom. The summed E-state index contributed by atoms with van der Waals surface area (Å²) in [5.74, 6) is -3.20. The molecule has 0 spiro atoms. The van der Waals surface area contributed by atoms with Gasteiger partial charge in [0.25, 0.3) is 0 Å². The molecule has 5 nitrogen and oxygen atoms in total. The van der Waals surface area contributed by atoms with E-state index in [1.54, 1.807) is 18.2 Å². The van der Waals surface area contributed by atoms with Gasteiger partial charge in [0.1, 0.15) is 11.6 Å². The molecule has 0 aliphatic rings. The number of anilines is 1. The molecule has 0 aliphatic carbocycles. The van der Waals surface area contributed by atoms with Gasteiger partial charge < -0.3 is 5.32 Å². The normalized spacial score (nSPS) is 11.3. The molecule has 0 aromatic heterocycles. The summed E-state index contributed by atoms with van der Waals surface area (Å²) in [7, 11) is -4.50. The average Bonchev–Trinajstić information content (AvgIpc) is 2.45. The Kier molecular flexibility index (Phi) is 5.30. The van der Waals surface area contributed by atoms with Gasteiger partial charge >= 0.3 is 0 Å². The number of carbonyl (C=O) groups is 1. The summed E-state index contributed by atoms with van der Waals surface area (Å²) < 4.78 is 52.6. The van der Waals surface area contributed by atoms with E-state index in [2.05, 4.69) is 5.32 Å². The quantitative estimate of drug-likeness (QED) is 0.860. The lowest BCUT2D eigenvalue weighted by atomic mass is 10.3. The SMILES string of the molecule is O=C(CNS(=O)(=O)c1c(F)cccc1F)Nc1cccc(Cl)c1. The van der Waals surface area contributed by atoms with E-state index < -0.39 is 39.0 Å². The smallest absolute Gasteiger partial charge is 0.246 e. The summed E-state index contributed by atoms with van der Waals surface area (Å²) >= 11 is 5.75. The van der Waals surface area contributed by atoms with Crippen LogP contribution >= 0.6 is 11.6 Å². The van der Waals surface area contributed by atoms with Crippen molar-refractivity contribution in [3.05, 3.63) is 59.1 Å². The number of halogens is 3. The van der Waals surface area contributed by atoms with Gasteiger partial charge in [-0.15, -0.1) is 0 Å². The molecule has 2 N–H and O–H groups in total. The van der Waals surface area contributed by atoms with Crippen LogP contribution in [0.3, 0.4) is 0 Å². The molecule has 9 heteroatoms. The summed E-state index contributed by atoms with van der Waals surface area (Å²) in [5.41, 5.74) is 0.360. The Hall–Kier alpha value is -2.03. The fraction of sp³-hybridized carbons (Fsp3) is 0.0714. The molecule has 23 heavy (non-hydrogen) atoms. The molecule has 0 bridgehead atoms. The molecule has 0 unspecified atom stereocenters. The molecule has 0 atom stereocenters. The summed E-state index contributed by atoms with van der Waals surface area (Å²) in [6, 6.07) is 8.86. The highest BCUT2D eigenvalue weighted by Gasteiger charge is 2.24. The van der Waals surface area contributed by atoms with E-state index in [1.807, 2.05) is 4.72 Å². The van der Waals surface area contributed by atoms with Crippen molar-refractivity contribution in [3.8, 4) is 0 Å². The third kappa shape index (κ3) is 4.47. The maximum Gasteiger partial charge on any atom is 0.246 e. The van der Waals surface area contributed by atoms with Crippen LogP contribution in [0.2, 0.25) is 5.02 Å². The summed E-state index contributed by atoms with van der Waals surface area (Å²) in [6.07, 6.45) is 0. The van der Waals surface area contributed by atoms with E-state index in [0.29, 0.717) is 10.7 Å². The number of carbonyl (C=O) groups excluding carboxylic acids is 1. The number of sulfonamides is 1. The van der Waals surface area contributed by atoms with Gasteiger partial charge in [0, 0.05) is 10.7 Å². The topological polar surface area (TPSA) is 75.3 Å². The van der Waals surface area contributed by atoms with Crippen LogP contribution in [-0.2, 0) is 14.8 Å². The molecular formula is C14H11ClF2N2O3S. The fourth-order valence-electron chi connectivity index (χ4n) is 1.74. The Bertz CT molecular complexity index is 823. The molecule has 0 radical (unpaired) electrons. The molecule has 0 saturated carbocycles. The van der Waals surface area contributed by atoms with Gasteiger partial charge in [0.15, 0.2) is 4.90 Å². The van der Waals surface area contributed by atoms with Crippen LogP contribution in [0.15, 0.2) is 47.4 Å². The van der Waals surface area contributed by atoms with Crippen LogP contribution in [-0.4, -0.2) is 20.9 Å². The van der Waals surface area contributed by atoms with Crippen molar-refractivity contribution in [3.63, 3.8) is 0 Å². The van der Waals surface area contributed by atoms with Gasteiger partial charge in [-0.25, -0.2) is 21.9 Å². The maximum atomic E-state index is 13.5. The number of rotatable bonds is 5. The van der Waals surface area contributed by atoms with Crippen LogP contribution in [0.1, 0.15) is 0 Å². The molecule has 0 saturated heterocycles. The van der Waals surface area contributed by atoms with Crippen molar-refractivity contribution in [1.82, 2.24) is 4.72 Å². The first-order chi connectivity index (χ1) is 10.8. The lowest BCUT2D eigenvalue weighted by Gasteiger charge is -2.09. The highest BCUT2D eigenvalue weighted by molar-refractivity contribution is 7.89. The predicted octanol–water partition coefficient (Wildman–Crippen LogP) is 2.54. The molecule has 0 aliphatic heterocycles. The van der Waals surface area contributed by atoms with Gasteiger partial charge in [0.05, 0.1) is 6.54 Å². The van der Waals surface area contributed by atoms with Crippen molar-refractivity contribution in [1.29, 1.82) is 0 Å². The van der Waals surface area contributed by atoms with Crippen LogP contribution in [0, 0.1) is 11.6 Å². The van der Waals surface area contributed by atoms with Crippen LogP contribution in [0.25, 0.3) is 0 Å². The largest absolute Gasteiger partial charge is 0.325 e. The predicted molar refractivity (Wildman–Crippen MR) is 81.6 cm³/mol. The summed E-state index contributed by atoms with van der Waals surface area (Å²) in [4.78, 5) is 10.6. The van der Waals surface area contributed by atoms with E-state index >= 15 is 0 Å². The van der Waals surface area contributed by atoms with Gasteiger partial charge in [-0.3, -0.25) is 4.79 Å². The number of nitrogens with one attached hydrogen (secondary N) is 2. The third-order valence-corrected chi connectivity index (χ3v) is 4.41. The zero-order valence-electron chi connectivity index (χ0n) is 11.5. The number of benzene rings is 2. The fourth-order valence-corrected chi connectivity index (χ4v) is 3.05. The number of amides is 1. The van der Waals surface area contributed by atoms with E-state index in [9.17, 15) is 22.0 Å². The summed E-state index contributed by atoms with van der Waals surface area (Å²) in [5, 5.41) is 2.78. The zero-order valence-corrected chi connectivity index (χ0v) is 13.1. The number of hydrogen-bond donors (Lipinski definition) is 2. The van der Waals surface area contributed by atoms with Crippen molar-refractivity contribution in [2.45, 2.75) is 4.90 Å². The Balaban J connectivity index is 2.06. The first-order valence-electron chi connectivity index (χ1n) is 6.29. The first kappa shape index (κ1) is 17.3. The average molecular weight is 361 g/mol. The Labute approximate surface area is 136 Å². The van der Waals surface area contributed by atoms with Gasteiger partial charge in [0.2, 0.25) is 15.9 Å². The van der Waals surface area contributed by atoms with Crippen LogP contribution < -0.4 is 10.0 Å². The zero-order chi connectivity index (χ0) is 17.0. The Morgan fingerprint density at radius 2 is 1.70 bits per heavy atom. The molecule has 1 amide bonds. The highest BCUT2D eigenvalue weighted by Crippen LogP contribution is 2.18. The first-order valence-corrected chi connectivity index (χ1v) is 8.15. The van der Waals surface area contributed by atoms with Crippen LogP contribution in [0.4, 0.5) is 14.5 Å². The molecule has 0 fully saturated rings. The number of hydrogen-bond acceptors (Lipinski definition) is 3. The minimum absolute atomic E-state index is 0.360.